The third-order valence-corrected chi connectivity index (χ3v) is 12.0. The summed E-state index contributed by atoms with van der Waals surface area (Å²) in [6.07, 6.45) is 13.6. The third kappa shape index (κ3) is 3.67. The molecule has 0 aliphatic heterocycles. The van der Waals surface area contributed by atoms with E-state index in [1.54, 1.807) is 5.57 Å². The van der Waals surface area contributed by atoms with E-state index in [2.05, 4.69) is 68.4 Å². The molecule has 184 valence electrons. The lowest BCUT2D eigenvalue weighted by Gasteiger charge is -2.70. The van der Waals surface area contributed by atoms with E-state index in [-0.39, 0.29) is 5.41 Å². The largest absolute Gasteiger partial charge is 0.327 e. The fourth-order valence-corrected chi connectivity index (χ4v) is 10.9. The summed E-state index contributed by atoms with van der Waals surface area (Å²) >= 11 is 0. The van der Waals surface area contributed by atoms with Crippen LogP contribution in [0.25, 0.3) is 0 Å². The molecule has 4 aliphatic carbocycles. The summed E-state index contributed by atoms with van der Waals surface area (Å²) in [6.45, 7) is 22.9. The highest BCUT2D eigenvalue weighted by Gasteiger charge is 2.67. The van der Waals surface area contributed by atoms with Gasteiger partial charge in [0, 0.05) is 6.04 Å². The summed E-state index contributed by atoms with van der Waals surface area (Å²) in [7, 11) is 0. The van der Waals surface area contributed by atoms with E-state index in [9.17, 15) is 0 Å². The molecule has 0 amide bonds. The molecular formula is C31H55N. The van der Waals surface area contributed by atoms with Gasteiger partial charge in [0.15, 0.2) is 0 Å². The summed E-state index contributed by atoms with van der Waals surface area (Å²) in [6, 6.07) is 0.371. The molecule has 0 radical (unpaired) electrons. The Balaban J connectivity index is 1.64. The van der Waals surface area contributed by atoms with Crippen molar-refractivity contribution in [3.63, 3.8) is 0 Å². The van der Waals surface area contributed by atoms with Crippen LogP contribution < -0.4 is 5.73 Å². The molecule has 4 saturated carbocycles. The van der Waals surface area contributed by atoms with Crippen molar-refractivity contribution < 1.29 is 0 Å². The van der Waals surface area contributed by atoms with Crippen molar-refractivity contribution in [2.75, 3.05) is 0 Å². The van der Waals surface area contributed by atoms with E-state index < -0.39 is 0 Å². The summed E-state index contributed by atoms with van der Waals surface area (Å²) in [5, 5.41) is 0. The Morgan fingerprint density at radius 3 is 2.34 bits per heavy atom. The molecule has 4 rings (SSSR count). The lowest BCUT2D eigenvalue weighted by atomic mass is 9.35. The molecular weight excluding hydrogens is 386 g/mol. The molecule has 10 atom stereocenters. The lowest BCUT2D eigenvalue weighted by molar-refractivity contribution is -0.207. The smallest absolute Gasteiger partial charge is 0.00934 e. The second kappa shape index (κ2) is 8.42. The fraction of sp³-hybridized carbons (Fsp3) is 0.935. The number of fused-ring (bicyclic) bond motifs is 5. The summed E-state index contributed by atoms with van der Waals surface area (Å²) < 4.78 is 0. The van der Waals surface area contributed by atoms with Crippen LogP contribution in [0.15, 0.2) is 11.6 Å². The second-order valence-corrected chi connectivity index (χ2v) is 14.7. The van der Waals surface area contributed by atoms with Crippen molar-refractivity contribution in [1.82, 2.24) is 0 Å². The van der Waals surface area contributed by atoms with Crippen LogP contribution in [0, 0.1) is 63.6 Å². The molecule has 4 aliphatic rings. The average Bonchev–Trinajstić information content (AvgIpc) is 3.13. The van der Waals surface area contributed by atoms with Crippen molar-refractivity contribution in [3.05, 3.63) is 11.6 Å². The minimum atomic E-state index is 0.266. The van der Waals surface area contributed by atoms with E-state index >= 15 is 0 Å². The molecule has 1 nitrogen and oxygen atoms in total. The summed E-state index contributed by atoms with van der Waals surface area (Å²) in [4.78, 5) is 0. The highest BCUT2D eigenvalue weighted by Crippen LogP contribution is 2.73. The van der Waals surface area contributed by atoms with E-state index in [1.165, 1.54) is 51.4 Å². The van der Waals surface area contributed by atoms with Crippen LogP contribution in [-0.4, -0.2) is 6.04 Å². The van der Waals surface area contributed by atoms with Gasteiger partial charge in [-0.3, -0.25) is 0 Å². The Hall–Kier alpha value is -0.300. The Bertz CT molecular complexity index is 718. The van der Waals surface area contributed by atoms with Gasteiger partial charge in [-0.1, -0.05) is 67.0 Å². The van der Waals surface area contributed by atoms with Gasteiger partial charge in [-0.15, -0.1) is 0 Å². The first-order chi connectivity index (χ1) is 14.8. The Labute approximate surface area is 200 Å². The molecule has 32 heavy (non-hydrogen) atoms. The molecule has 0 aromatic carbocycles. The first kappa shape index (κ1) is 24.8. The van der Waals surface area contributed by atoms with Crippen LogP contribution in [0.4, 0.5) is 0 Å². The molecule has 1 heteroatoms. The molecule has 0 aromatic heterocycles. The maximum absolute atomic E-state index is 6.76. The van der Waals surface area contributed by atoms with Crippen molar-refractivity contribution in [2.45, 2.75) is 120 Å². The van der Waals surface area contributed by atoms with Gasteiger partial charge in [-0.25, -0.2) is 0 Å². The number of allylic oxidation sites excluding steroid dienone is 2. The monoisotopic (exact) mass is 441 g/mol. The first-order valence-electron chi connectivity index (χ1n) is 14.3. The fourth-order valence-electron chi connectivity index (χ4n) is 10.9. The van der Waals surface area contributed by atoms with Crippen LogP contribution in [-0.2, 0) is 0 Å². The van der Waals surface area contributed by atoms with E-state index in [0.29, 0.717) is 16.9 Å². The quantitative estimate of drug-likeness (QED) is 0.435. The highest BCUT2D eigenvalue weighted by molar-refractivity contribution is 5.19. The Morgan fingerprint density at radius 2 is 1.69 bits per heavy atom. The van der Waals surface area contributed by atoms with Gasteiger partial charge < -0.3 is 5.73 Å². The minimum Gasteiger partial charge on any atom is -0.327 e. The van der Waals surface area contributed by atoms with Gasteiger partial charge in [0.25, 0.3) is 0 Å². The molecule has 10 unspecified atom stereocenters. The molecule has 0 heterocycles. The second-order valence-electron chi connectivity index (χ2n) is 14.7. The maximum atomic E-state index is 6.76. The maximum Gasteiger partial charge on any atom is 0.00934 e. The van der Waals surface area contributed by atoms with Crippen LogP contribution >= 0.6 is 0 Å². The zero-order chi connectivity index (χ0) is 23.6. The average molecular weight is 442 g/mol. The topological polar surface area (TPSA) is 26.0 Å². The summed E-state index contributed by atoms with van der Waals surface area (Å²) in [5.41, 5.74) is 9.73. The number of hydrogen-bond acceptors (Lipinski definition) is 1. The van der Waals surface area contributed by atoms with Crippen molar-refractivity contribution >= 4 is 0 Å². The standard InChI is InChI=1S/C31H55N/c1-19(2)11-10-12-20(3)23-13-14-24-27(23)21(4)17-25-30(8)16-15-26(32)29(6,7)28(30)22(5)18-31(24,25)9/h12,19,21-28H,10-11,13-18,32H2,1-9H3/b20-12+. The molecule has 0 spiro atoms. The van der Waals surface area contributed by atoms with Gasteiger partial charge in [-0.05, 0) is 122 Å². The molecule has 0 bridgehead atoms. The Kier molecular flexibility index (Phi) is 6.53. The number of rotatable bonds is 4. The van der Waals surface area contributed by atoms with Gasteiger partial charge in [0.2, 0.25) is 0 Å². The molecule has 2 N–H and O–H groups in total. The molecule has 4 fully saturated rings. The van der Waals surface area contributed by atoms with Crippen LogP contribution in [0.5, 0.6) is 0 Å². The number of nitrogens with two attached hydrogens (primary N) is 1. The highest BCUT2D eigenvalue weighted by atomic mass is 14.8. The molecule has 0 saturated heterocycles. The van der Waals surface area contributed by atoms with E-state index in [1.807, 2.05) is 0 Å². The SMILES string of the molecule is C/C(=C\CCC(C)C)C1CCC2C1C(C)CC1C2(C)CC(C)C2C(C)(C)C(N)CCC21C. The van der Waals surface area contributed by atoms with Gasteiger partial charge >= 0.3 is 0 Å². The lowest BCUT2D eigenvalue weighted by Crippen LogP contribution is -2.65. The van der Waals surface area contributed by atoms with Gasteiger partial charge in [0.1, 0.15) is 0 Å². The van der Waals surface area contributed by atoms with Gasteiger partial charge in [-0.2, -0.15) is 0 Å². The van der Waals surface area contributed by atoms with Crippen LogP contribution in [0.3, 0.4) is 0 Å². The number of hydrogen-bond donors (Lipinski definition) is 1. The first-order valence-corrected chi connectivity index (χ1v) is 14.3. The van der Waals surface area contributed by atoms with Crippen molar-refractivity contribution in [1.29, 1.82) is 0 Å². The Morgan fingerprint density at radius 1 is 1.00 bits per heavy atom. The zero-order valence-electron chi connectivity index (χ0n) is 23.0. The predicted molar refractivity (Wildman–Crippen MR) is 139 cm³/mol. The van der Waals surface area contributed by atoms with Crippen molar-refractivity contribution in [2.24, 2.45) is 69.3 Å². The normalized spacial score (nSPS) is 50.7. The predicted octanol–water partition coefficient (Wildman–Crippen LogP) is 8.48. The third-order valence-electron chi connectivity index (χ3n) is 12.0. The van der Waals surface area contributed by atoms with E-state index in [4.69, 9.17) is 5.73 Å². The summed E-state index contributed by atoms with van der Waals surface area (Å²) in [5.74, 6) is 6.80. The molecule has 0 aromatic rings. The minimum absolute atomic E-state index is 0.266. The van der Waals surface area contributed by atoms with E-state index in [0.717, 1.165) is 47.3 Å². The van der Waals surface area contributed by atoms with Gasteiger partial charge in [0.05, 0.1) is 0 Å². The van der Waals surface area contributed by atoms with Crippen LogP contribution in [0.2, 0.25) is 0 Å². The van der Waals surface area contributed by atoms with Crippen molar-refractivity contribution in [3.8, 4) is 0 Å². The zero-order valence-corrected chi connectivity index (χ0v) is 23.0. The van der Waals surface area contributed by atoms with Crippen LogP contribution in [0.1, 0.15) is 114 Å².